The molecule has 1 aliphatic rings. The number of fused-ring (bicyclic) bond motifs is 1. The molecule has 2 aromatic rings. The summed E-state index contributed by atoms with van der Waals surface area (Å²) in [5.74, 6) is 0.991. The van der Waals surface area contributed by atoms with Crippen LogP contribution in [0.25, 0.3) is 0 Å². The lowest BCUT2D eigenvalue weighted by atomic mass is 10.1. The van der Waals surface area contributed by atoms with Gasteiger partial charge in [-0.25, -0.2) is 0 Å². The molecule has 1 heterocycles. The molecule has 0 saturated carbocycles. The highest BCUT2D eigenvalue weighted by Crippen LogP contribution is 2.34. The van der Waals surface area contributed by atoms with Gasteiger partial charge in [-0.1, -0.05) is 17.7 Å². The van der Waals surface area contributed by atoms with E-state index < -0.39 is 0 Å². The van der Waals surface area contributed by atoms with E-state index in [-0.39, 0.29) is 0 Å². The third-order valence-corrected chi connectivity index (χ3v) is 3.76. The number of nitrogens with two attached hydrogens (primary N) is 1. The van der Waals surface area contributed by atoms with Gasteiger partial charge in [0.05, 0.1) is 6.61 Å². The summed E-state index contributed by atoms with van der Waals surface area (Å²) in [6, 6.07) is 11.8. The van der Waals surface area contributed by atoms with Crippen LogP contribution in [0.4, 0.5) is 11.4 Å². The average Bonchev–Trinajstić information content (AvgIpc) is 2.86. The molecule has 0 aliphatic carbocycles. The lowest BCUT2D eigenvalue weighted by Crippen LogP contribution is -2.17. The second-order valence-corrected chi connectivity index (χ2v) is 5.54. The minimum atomic E-state index is 0.741. The van der Waals surface area contributed by atoms with E-state index in [9.17, 15) is 0 Å². The summed E-state index contributed by atoms with van der Waals surface area (Å²) in [4.78, 5) is 2.14. The van der Waals surface area contributed by atoms with Gasteiger partial charge in [0.15, 0.2) is 0 Å². The number of halogens is 1. The van der Waals surface area contributed by atoms with Crippen molar-refractivity contribution >= 4 is 23.0 Å². The van der Waals surface area contributed by atoms with Crippen molar-refractivity contribution in [3.63, 3.8) is 0 Å². The second kappa shape index (κ2) is 5.25. The Bertz CT molecular complexity index is 642. The fraction of sp³-hybridized carbons (Fsp3) is 0.250. The number of ether oxygens (including phenoxy) is 1. The summed E-state index contributed by atoms with van der Waals surface area (Å²) in [5, 5.41) is 0.769. The van der Waals surface area contributed by atoms with E-state index in [2.05, 4.69) is 4.90 Å². The Hall–Kier alpha value is -1.87. The van der Waals surface area contributed by atoms with Crippen LogP contribution in [0.2, 0.25) is 5.02 Å². The van der Waals surface area contributed by atoms with Gasteiger partial charge in [0.2, 0.25) is 0 Å². The third-order valence-electron chi connectivity index (χ3n) is 3.54. The average molecular weight is 289 g/mol. The molecule has 3 nitrogen and oxygen atoms in total. The maximum Gasteiger partial charge on any atom is 0.127 e. The summed E-state index contributed by atoms with van der Waals surface area (Å²) >= 11 is 6.19. The standard InChI is InChI=1S/C16H17ClN2O/c1-19(15-4-2-3-14(18)9-15)10-12-8-13(17)7-11-5-6-20-16(11)12/h2-4,7-9H,5-6,10,18H2,1H3. The normalized spacial score (nSPS) is 12.9. The Morgan fingerprint density at radius 2 is 2.15 bits per heavy atom. The number of anilines is 2. The zero-order valence-electron chi connectivity index (χ0n) is 11.4. The van der Waals surface area contributed by atoms with Crippen molar-refractivity contribution < 1.29 is 4.74 Å². The summed E-state index contributed by atoms with van der Waals surface area (Å²) in [5.41, 5.74) is 10.0. The second-order valence-electron chi connectivity index (χ2n) is 5.10. The molecular weight excluding hydrogens is 272 g/mol. The zero-order chi connectivity index (χ0) is 14.1. The molecule has 0 aromatic heterocycles. The molecule has 3 rings (SSSR count). The largest absolute Gasteiger partial charge is 0.493 e. The minimum absolute atomic E-state index is 0.741. The van der Waals surface area contributed by atoms with Crippen molar-refractivity contribution in [2.75, 3.05) is 24.3 Å². The van der Waals surface area contributed by atoms with Crippen molar-refractivity contribution in [2.24, 2.45) is 0 Å². The van der Waals surface area contributed by atoms with Crippen molar-refractivity contribution in [3.8, 4) is 5.75 Å². The molecule has 4 heteroatoms. The molecule has 0 fully saturated rings. The first kappa shape index (κ1) is 13.1. The summed E-state index contributed by atoms with van der Waals surface area (Å²) in [6.45, 7) is 1.48. The Morgan fingerprint density at radius 1 is 1.30 bits per heavy atom. The van der Waals surface area contributed by atoms with Crippen molar-refractivity contribution in [1.82, 2.24) is 0 Å². The molecule has 0 spiro atoms. The molecule has 104 valence electrons. The maximum atomic E-state index is 6.19. The van der Waals surface area contributed by atoms with Gasteiger partial charge >= 0.3 is 0 Å². The van der Waals surface area contributed by atoms with Crippen LogP contribution >= 0.6 is 11.6 Å². The smallest absolute Gasteiger partial charge is 0.127 e. The van der Waals surface area contributed by atoms with E-state index in [0.717, 1.165) is 47.3 Å². The van der Waals surface area contributed by atoms with E-state index in [0.29, 0.717) is 0 Å². The molecule has 2 N–H and O–H groups in total. The zero-order valence-corrected chi connectivity index (χ0v) is 12.2. The van der Waals surface area contributed by atoms with E-state index in [1.807, 2.05) is 43.4 Å². The van der Waals surface area contributed by atoms with Gasteiger partial charge in [-0.15, -0.1) is 0 Å². The molecule has 0 amide bonds. The summed E-state index contributed by atoms with van der Waals surface area (Å²) < 4.78 is 5.74. The fourth-order valence-corrected chi connectivity index (χ4v) is 2.84. The van der Waals surface area contributed by atoms with Crippen LogP contribution in [0, 0.1) is 0 Å². The maximum absolute atomic E-state index is 6.19. The van der Waals surface area contributed by atoms with Crippen LogP contribution in [0.3, 0.4) is 0 Å². The lowest BCUT2D eigenvalue weighted by Gasteiger charge is -2.21. The topological polar surface area (TPSA) is 38.5 Å². The van der Waals surface area contributed by atoms with E-state index in [1.165, 1.54) is 5.56 Å². The van der Waals surface area contributed by atoms with Gasteiger partial charge < -0.3 is 15.4 Å². The summed E-state index contributed by atoms with van der Waals surface area (Å²) in [7, 11) is 2.04. The number of rotatable bonds is 3. The third kappa shape index (κ3) is 2.54. The van der Waals surface area contributed by atoms with Crippen LogP contribution in [-0.2, 0) is 13.0 Å². The van der Waals surface area contributed by atoms with Crippen molar-refractivity contribution in [1.29, 1.82) is 0 Å². The lowest BCUT2D eigenvalue weighted by molar-refractivity contribution is 0.353. The minimum Gasteiger partial charge on any atom is -0.493 e. The van der Waals surface area contributed by atoms with Crippen LogP contribution in [-0.4, -0.2) is 13.7 Å². The predicted molar refractivity (Wildman–Crippen MR) is 83.6 cm³/mol. The molecule has 0 saturated heterocycles. The Balaban J connectivity index is 1.88. The monoisotopic (exact) mass is 288 g/mol. The number of hydrogen-bond donors (Lipinski definition) is 1. The van der Waals surface area contributed by atoms with Crippen LogP contribution in [0.15, 0.2) is 36.4 Å². The number of benzene rings is 2. The first-order valence-corrected chi connectivity index (χ1v) is 7.02. The van der Waals surface area contributed by atoms with Crippen molar-refractivity contribution in [2.45, 2.75) is 13.0 Å². The van der Waals surface area contributed by atoms with E-state index in [1.54, 1.807) is 0 Å². The van der Waals surface area contributed by atoms with E-state index >= 15 is 0 Å². The molecule has 0 radical (unpaired) electrons. The van der Waals surface area contributed by atoms with Gasteiger partial charge in [-0.2, -0.15) is 0 Å². The van der Waals surface area contributed by atoms with Gasteiger partial charge in [0.25, 0.3) is 0 Å². The van der Waals surface area contributed by atoms with Gasteiger partial charge in [0, 0.05) is 42.0 Å². The van der Waals surface area contributed by atoms with Gasteiger partial charge in [-0.3, -0.25) is 0 Å². The highest BCUT2D eigenvalue weighted by Gasteiger charge is 2.18. The van der Waals surface area contributed by atoms with Crippen LogP contribution in [0.1, 0.15) is 11.1 Å². The first-order chi connectivity index (χ1) is 9.63. The van der Waals surface area contributed by atoms with Crippen LogP contribution < -0.4 is 15.4 Å². The molecule has 1 aliphatic heterocycles. The first-order valence-electron chi connectivity index (χ1n) is 6.64. The highest BCUT2D eigenvalue weighted by atomic mass is 35.5. The molecule has 0 unspecified atom stereocenters. The Morgan fingerprint density at radius 3 is 2.95 bits per heavy atom. The predicted octanol–water partition coefficient (Wildman–Crippen LogP) is 3.49. The van der Waals surface area contributed by atoms with Crippen LogP contribution in [0.5, 0.6) is 5.75 Å². The fourth-order valence-electron chi connectivity index (χ4n) is 2.57. The molecule has 0 atom stereocenters. The number of hydrogen-bond acceptors (Lipinski definition) is 3. The van der Waals surface area contributed by atoms with E-state index in [4.69, 9.17) is 22.1 Å². The molecule has 20 heavy (non-hydrogen) atoms. The SMILES string of the molecule is CN(Cc1cc(Cl)cc2c1OCC2)c1cccc(N)c1. The van der Waals surface area contributed by atoms with Crippen molar-refractivity contribution in [3.05, 3.63) is 52.5 Å². The Labute approximate surface area is 123 Å². The molecule has 0 bridgehead atoms. The summed E-state index contributed by atoms with van der Waals surface area (Å²) in [6.07, 6.45) is 0.935. The van der Waals surface area contributed by atoms with Gasteiger partial charge in [-0.05, 0) is 35.9 Å². The molecule has 2 aromatic carbocycles. The number of nitrogen functional groups attached to an aromatic ring is 1. The molecular formula is C16H17ClN2O. The number of nitrogens with zero attached hydrogens (tertiary/aromatic N) is 1. The quantitative estimate of drug-likeness (QED) is 0.879. The Kier molecular flexibility index (Phi) is 3.45. The van der Waals surface area contributed by atoms with Gasteiger partial charge in [0.1, 0.15) is 5.75 Å². The highest BCUT2D eigenvalue weighted by molar-refractivity contribution is 6.30.